The monoisotopic (exact) mass is 546 g/mol. The van der Waals surface area contributed by atoms with Crippen LogP contribution in [0.25, 0.3) is 0 Å². The molecule has 1 aromatic heterocycles. The molecule has 5 rings (SSSR count). The Morgan fingerprint density at radius 1 is 1.09 bits per heavy atom. The van der Waals surface area contributed by atoms with Gasteiger partial charge in [0.05, 0.1) is 23.1 Å². The molecule has 0 amide bonds. The van der Waals surface area contributed by atoms with E-state index in [4.69, 9.17) is 5.73 Å². The first-order valence-electron chi connectivity index (χ1n) is 12.0. The topological polar surface area (TPSA) is 93.9 Å². The van der Waals surface area contributed by atoms with Crippen LogP contribution >= 0.6 is 27.3 Å². The molecule has 0 unspecified atom stereocenters. The smallest absolute Gasteiger partial charge is 0.162 e. The van der Waals surface area contributed by atoms with Crippen molar-refractivity contribution in [1.29, 1.82) is 10.5 Å². The van der Waals surface area contributed by atoms with E-state index in [0.717, 1.165) is 52.0 Å². The molecule has 1 aromatic carbocycles. The lowest BCUT2D eigenvalue weighted by Crippen LogP contribution is -2.42. The number of nitriles is 2. The largest absolute Gasteiger partial charge is 0.384 e. The van der Waals surface area contributed by atoms with Crippen LogP contribution in [0, 0.1) is 28.1 Å². The third-order valence-corrected chi connectivity index (χ3v) is 9.11. The average molecular weight is 548 g/mol. The molecule has 2 aromatic rings. The summed E-state index contributed by atoms with van der Waals surface area (Å²) in [4.78, 5) is 16.8. The van der Waals surface area contributed by atoms with E-state index in [1.165, 1.54) is 11.3 Å². The number of hydrogen-bond acceptors (Lipinski definition) is 6. The first kappa shape index (κ1) is 23.9. The van der Waals surface area contributed by atoms with Crippen molar-refractivity contribution in [3.8, 4) is 12.1 Å². The highest BCUT2D eigenvalue weighted by Crippen LogP contribution is 2.52. The number of aryl methyl sites for hydroxylation is 1. The first-order valence-corrected chi connectivity index (χ1v) is 13.6. The highest BCUT2D eigenvalue weighted by atomic mass is 79.9. The number of allylic oxidation sites excluding steroid dienone is 3. The Hall–Kier alpha value is -2.87. The second kappa shape index (κ2) is 8.97. The fourth-order valence-corrected chi connectivity index (χ4v) is 7.37. The number of carbonyl (C=O) groups excluding carboxylic acids is 1. The number of anilines is 1. The third-order valence-electron chi connectivity index (χ3n) is 7.30. The second-order valence-electron chi connectivity index (χ2n) is 10.4. The molecule has 5 nitrogen and oxygen atoms in total. The normalized spacial score (nSPS) is 21.7. The van der Waals surface area contributed by atoms with Crippen LogP contribution in [-0.4, -0.2) is 5.78 Å². The number of nitrogens with two attached hydrogens (primary N) is 1. The summed E-state index contributed by atoms with van der Waals surface area (Å²) in [6, 6.07) is 12.5. The average Bonchev–Trinajstić information content (AvgIpc) is 2.98. The van der Waals surface area contributed by atoms with Crippen LogP contribution in [-0.2, 0) is 17.6 Å². The second-order valence-corrected chi connectivity index (χ2v) is 12.4. The number of hydrogen-bond donors (Lipinski definition) is 1. The van der Waals surface area contributed by atoms with E-state index in [-0.39, 0.29) is 11.2 Å². The number of benzene rings is 1. The predicted molar refractivity (Wildman–Crippen MR) is 142 cm³/mol. The number of carbonyl (C=O) groups is 1. The molecular weight excluding hydrogens is 520 g/mol. The zero-order valence-corrected chi connectivity index (χ0v) is 22.4. The molecule has 1 atom stereocenters. The van der Waals surface area contributed by atoms with Crippen molar-refractivity contribution in [3.63, 3.8) is 0 Å². The van der Waals surface area contributed by atoms with Crippen molar-refractivity contribution in [2.24, 2.45) is 11.1 Å². The molecule has 2 N–H and O–H groups in total. The molecule has 0 fully saturated rings. The van der Waals surface area contributed by atoms with Crippen molar-refractivity contribution in [1.82, 2.24) is 0 Å². The molecule has 1 aliphatic heterocycles. The van der Waals surface area contributed by atoms with Crippen LogP contribution in [0.15, 0.2) is 51.4 Å². The molecular formula is C28H27BrN4OS. The number of ketones is 1. The number of Topliss-reactive ketones (excluding diaryl/α,β-unsaturated/α-hetero) is 1. The number of thiophene rings is 1. The molecule has 7 heteroatoms. The van der Waals surface area contributed by atoms with Gasteiger partial charge >= 0.3 is 0 Å². The van der Waals surface area contributed by atoms with Crippen molar-refractivity contribution in [3.05, 3.63) is 73.0 Å². The first-order chi connectivity index (χ1) is 16.8. The van der Waals surface area contributed by atoms with Crippen molar-refractivity contribution in [2.45, 2.75) is 64.7 Å². The van der Waals surface area contributed by atoms with Gasteiger partial charge in [0, 0.05) is 27.0 Å². The van der Waals surface area contributed by atoms with E-state index in [9.17, 15) is 15.3 Å². The number of nitrogens with zero attached hydrogens (tertiary/aromatic N) is 3. The maximum Gasteiger partial charge on any atom is 0.162 e. The van der Waals surface area contributed by atoms with E-state index < -0.39 is 5.92 Å². The van der Waals surface area contributed by atoms with Gasteiger partial charge in [-0.15, -0.1) is 11.3 Å². The molecule has 0 spiro atoms. The van der Waals surface area contributed by atoms with Crippen molar-refractivity contribution >= 4 is 38.1 Å². The summed E-state index contributed by atoms with van der Waals surface area (Å²) in [7, 11) is 0. The maximum atomic E-state index is 13.7. The van der Waals surface area contributed by atoms with Gasteiger partial charge in [-0.3, -0.25) is 9.69 Å². The van der Waals surface area contributed by atoms with Crippen LogP contribution in [0.2, 0.25) is 0 Å². The van der Waals surface area contributed by atoms with Gasteiger partial charge in [0.2, 0.25) is 0 Å². The molecule has 0 saturated carbocycles. The highest BCUT2D eigenvalue weighted by Gasteiger charge is 2.45. The predicted octanol–water partition coefficient (Wildman–Crippen LogP) is 6.59. The highest BCUT2D eigenvalue weighted by molar-refractivity contribution is 9.10. The summed E-state index contributed by atoms with van der Waals surface area (Å²) in [5.41, 5.74) is 11.0. The van der Waals surface area contributed by atoms with E-state index in [0.29, 0.717) is 35.4 Å². The standard InChI is InChI=1S/C28H27BrN4OS/c1-28(2)12-21-25(22(34)13-28)24(16-8-10-17(29)11-9-16)20(15-31)26(32)33(21)27-19(14-30)18-6-4-3-5-7-23(18)35-27/h8-11,24H,3-7,12-13,32H2,1-2H3/t24-/m0/s1. The van der Waals surface area contributed by atoms with Gasteiger partial charge in [-0.1, -0.05) is 48.3 Å². The van der Waals surface area contributed by atoms with Crippen molar-refractivity contribution in [2.75, 3.05) is 4.90 Å². The van der Waals surface area contributed by atoms with E-state index in [1.807, 2.05) is 29.2 Å². The lowest BCUT2D eigenvalue weighted by molar-refractivity contribution is -0.118. The van der Waals surface area contributed by atoms with Gasteiger partial charge in [-0.2, -0.15) is 10.5 Å². The molecule has 35 heavy (non-hydrogen) atoms. The molecule has 2 heterocycles. The third kappa shape index (κ3) is 4.01. The summed E-state index contributed by atoms with van der Waals surface area (Å²) in [5, 5.41) is 21.3. The fourth-order valence-electron chi connectivity index (χ4n) is 5.73. The van der Waals surface area contributed by atoms with E-state index >= 15 is 0 Å². The lowest BCUT2D eigenvalue weighted by atomic mass is 9.68. The summed E-state index contributed by atoms with van der Waals surface area (Å²) in [5.74, 6) is -0.130. The van der Waals surface area contributed by atoms with Gasteiger partial charge in [0.1, 0.15) is 16.9 Å². The number of fused-ring (bicyclic) bond motifs is 1. The van der Waals surface area contributed by atoms with Crippen LogP contribution in [0.4, 0.5) is 5.00 Å². The maximum absolute atomic E-state index is 13.7. The molecule has 0 bridgehead atoms. The summed E-state index contributed by atoms with van der Waals surface area (Å²) >= 11 is 5.09. The summed E-state index contributed by atoms with van der Waals surface area (Å²) in [6.07, 6.45) is 6.24. The Bertz CT molecular complexity index is 1370. The van der Waals surface area contributed by atoms with Gasteiger partial charge in [-0.25, -0.2) is 0 Å². The van der Waals surface area contributed by atoms with Crippen LogP contribution < -0.4 is 10.6 Å². The van der Waals surface area contributed by atoms with Gasteiger partial charge in [0.25, 0.3) is 0 Å². The molecule has 3 aliphatic rings. The zero-order valence-electron chi connectivity index (χ0n) is 19.9. The molecule has 178 valence electrons. The minimum Gasteiger partial charge on any atom is -0.384 e. The molecule has 0 radical (unpaired) electrons. The summed E-state index contributed by atoms with van der Waals surface area (Å²) in [6.45, 7) is 4.19. The zero-order chi connectivity index (χ0) is 24.9. The Kier molecular flexibility index (Phi) is 6.11. The minimum absolute atomic E-state index is 0.0473. The van der Waals surface area contributed by atoms with Gasteiger partial charge in [-0.05, 0) is 60.8 Å². The van der Waals surface area contributed by atoms with Gasteiger partial charge in [0.15, 0.2) is 5.78 Å². The lowest BCUT2D eigenvalue weighted by Gasteiger charge is -2.43. The van der Waals surface area contributed by atoms with E-state index in [2.05, 4.69) is 41.9 Å². The van der Waals surface area contributed by atoms with Crippen LogP contribution in [0.5, 0.6) is 0 Å². The Labute approximate surface area is 218 Å². The Balaban J connectivity index is 1.78. The van der Waals surface area contributed by atoms with Crippen LogP contribution in [0.3, 0.4) is 0 Å². The Morgan fingerprint density at radius 3 is 2.49 bits per heavy atom. The SMILES string of the molecule is CC1(C)CC(=O)C2=C(C1)N(c1sc3c(c1C#N)CCCCC3)C(N)=C(C#N)[C@@H]2c1ccc(Br)cc1. The fraction of sp³-hybridized carbons (Fsp3) is 0.393. The minimum atomic E-state index is -0.508. The Morgan fingerprint density at radius 2 is 1.80 bits per heavy atom. The molecule has 0 saturated heterocycles. The van der Waals surface area contributed by atoms with Crippen molar-refractivity contribution < 1.29 is 4.79 Å². The van der Waals surface area contributed by atoms with E-state index in [1.54, 1.807) is 11.3 Å². The van der Waals surface area contributed by atoms with Gasteiger partial charge < -0.3 is 5.73 Å². The summed E-state index contributed by atoms with van der Waals surface area (Å²) < 4.78 is 0.929. The van der Waals surface area contributed by atoms with Crippen LogP contribution in [0.1, 0.15) is 73.4 Å². The molecule has 2 aliphatic carbocycles. The quantitative estimate of drug-likeness (QED) is 0.428. The number of halogens is 1. The number of rotatable bonds is 2.